The van der Waals surface area contributed by atoms with E-state index < -0.39 is 5.72 Å². The molecule has 0 radical (unpaired) electrons. The van der Waals surface area contributed by atoms with Gasteiger partial charge in [0.05, 0.1) is 12.2 Å². The summed E-state index contributed by atoms with van der Waals surface area (Å²) in [6, 6.07) is -0.280. The van der Waals surface area contributed by atoms with Crippen molar-refractivity contribution in [1.29, 1.82) is 0 Å². The maximum Gasteiger partial charge on any atom is 0.148 e. The summed E-state index contributed by atoms with van der Waals surface area (Å²) in [7, 11) is 0. The highest BCUT2D eigenvalue weighted by atomic mass is 16.5. The molecule has 1 spiro atoms. The highest BCUT2D eigenvalue weighted by molar-refractivity contribution is 5.26. The third kappa shape index (κ3) is 2.68. The lowest BCUT2D eigenvalue weighted by molar-refractivity contribution is -0.125. The Balaban J connectivity index is 1.30. The minimum absolute atomic E-state index is 0.138. The van der Waals surface area contributed by atoms with Gasteiger partial charge in [0, 0.05) is 12.5 Å². The van der Waals surface area contributed by atoms with Gasteiger partial charge in [-0.3, -0.25) is 5.32 Å². The summed E-state index contributed by atoms with van der Waals surface area (Å²) in [4.78, 5) is 11.9. The molecule has 0 bridgehead atoms. The second kappa shape index (κ2) is 7.11. The molecule has 178 valence electrons. The number of rotatable bonds is 1. The summed E-state index contributed by atoms with van der Waals surface area (Å²) < 4.78 is 6.91. The predicted molar refractivity (Wildman–Crippen MR) is 125 cm³/mol. The third-order valence-electron chi connectivity index (χ3n) is 11.7. The second-order valence-corrected chi connectivity index (χ2v) is 13.0. The van der Waals surface area contributed by atoms with Crippen LogP contribution in [0.25, 0.3) is 0 Å². The third-order valence-corrected chi connectivity index (χ3v) is 11.7. The Bertz CT molecular complexity index is 830. The SMILES string of the molecule is C[C@H]1CN[C@@]2(O[C@H]3C[C@H]4[C@@H]5CC=C6C[C@@H](O)CC[C@]6(C)[C@H]5CC[C@]4(C)[C@H]3[C@@H]2C)[C@@H](N=O)C1. The molecule has 4 aliphatic carbocycles. The fourth-order valence-electron chi connectivity index (χ4n) is 10.1. The predicted octanol–water partition coefficient (Wildman–Crippen LogP) is 5.03. The number of piperidine rings is 1. The second-order valence-electron chi connectivity index (χ2n) is 13.0. The van der Waals surface area contributed by atoms with E-state index in [1.54, 1.807) is 5.57 Å². The number of nitrogens with one attached hydrogen (secondary N) is 1. The van der Waals surface area contributed by atoms with Crippen LogP contribution in [0, 0.1) is 51.2 Å². The largest absolute Gasteiger partial charge is 0.393 e. The first-order valence-corrected chi connectivity index (χ1v) is 13.4. The number of hydrogen-bond donors (Lipinski definition) is 2. The van der Waals surface area contributed by atoms with Gasteiger partial charge in [-0.25, -0.2) is 0 Å². The average Bonchev–Trinajstić information content (AvgIpc) is 3.21. The minimum Gasteiger partial charge on any atom is -0.393 e. The number of allylic oxidation sites excluding steroid dienone is 1. The minimum atomic E-state index is -0.556. The molecule has 5 fully saturated rings. The van der Waals surface area contributed by atoms with Crippen molar-refractivity contribution >= 4 is 0 Å². The zero-order chi connectivity index (χ0) is 22.5. The highest BCUT2D eigenvalue weighted by Gasteiger charge is 2.70. The normalized spacial score (nSPS) is 59.0. The topological polar surface area (TPSA) is 70.9 Å². The van der Waals surface area contributed by atoms with Crippen LogP contribution in [-0.2, 0) is 4.74 Å². The van der Waals surface area contributed by atoms with Gasteiger partial charge in [-0.2, -0.15) is 4.91 Å². The van der Waals surface area contributed by atoms with Gasteiger partial charge < -0.3 is 9.84 Å². The van der Waals surface area contributed by atoms with Gasteiger partial charge in [0.25, 0.3) is 0 Å². The number of hydrogen-bond acceptors (Lipinski definition) is 5. The van der Waals surface area contributed by atoms with Crippen LogP contribution < -0.4 is 5.32 Å². The number of fused-ring (bicyclic) bond motifs is 7. The van der Waals surface area contributed by atoms with Gasteiger partial charge >= 0.3 is 0 Å². The van der Waals surface area contributed by atoms with Crippen LogP contribution in [0.4, 0.5) is 0 Å². The molecule has 32 heavy (non-hydrogen) atoms. The molecular formula is C27H42N2O3. The van der Waals surface area contributed by atoms with Gasteiger partial charge in [0.2, 0.25) is 0 Å². The van der Waals surface area contributed by atoms with Crippen LogP contribution in [0.3, 0.4) is 0 Å². The number of aliphatic hydroxyl groups excluding tert-OH is 1. The first-order chi connectivity index (χ1) is 15.2. The lowest BCUT2D eigenvalue weighted by Gasteiger charge is -2.58. The summed E-state index contributed by atoms with van der Waals surface area (Å²) in [6.45, 7) is 10.5. The monoisotopic (exact) mass is 442 g/mol. The maximum atomic E-state index is 11.9. The molecule has 12 atom stereocenters. The quantitative estimate of drug-likeness (QED) is 0.441. The Kier molecular flexibility index (Phi) is 4.83. The summed E-state index contributed by atoms with van der Waals surface area (Å²) in [5.41, 5.74) is 1.55. The molecule has 2 saturated heterocycles. The number of aliphatic hydroxyl groups is 1. The van der Waals surface area contributed by atoms with Gasteiger partial charge in [-0.1, -0.05) is 44.5 Å². The molecule has 2 N–H and O–H groups in total. The van der Waals surface area contributed by atoms with Crippen LogP contribution in [-0.4, -0.2) is 35.6 Å². The molecule has 0 amide bonds. The Morgan fingerprint density at radius 1 is 1.16 bits per heavy atom. The van der Waals surface area contributed by atoms with E-state index in [9.17, 15) is 10.0 Å². The summed E-state index contributed by atoms with van der Waals surface area (Å²) in [6.07, 6.45) is 11.3. The molecule has 0 aromatic heterocycles. The molecule has 0 aromatic carbocycles. The lowest BCUT2D eigenvalue weighted by Crippen LogP contribution is -2.63. The first-order valence-electron chi connectivity index (χ1n) is 13.4. The smallest absolute Gasteiger partial charge is 0.148 e. The summed E-state index contributed by atoms with van der Waals surface area (Å²) in [5.74, 6) is 3.46. The van der Waals surface area contributed by atoms with E-state index in [1.807, 2.05) is 0 Å². The molecule has 0 unspecified atom stereocenters. The number of nitroso groups, excluding NO2 is 1. The number of nitrogens with zero attached hydrogens (tertiary/aromatic N) is 1. The van der Waals surface area contributed by atoms with E-state index in [-0.39, 0.29) is 29.1 Å². The Morgan fingerprint density at radius 2 is 1.97 bits per heavy atom. The number of ether oxygens (including phenoxy) is 1. The molecule has 6 rings (SSSR count). The zero-order valence-electron chi connectivity index (χ0n) is 20.3. The van der Waals surface area contributed by atoms with Gasteiger partial charge in [-0.05, 0) is 91.8 Å². The standard InChI is InChI=1S/C27H42N2O3/c1-15-11-23(29-31)27(28-14-15)16(2)24-22(32-27)13-21-19-6-5-17-12-18(30)7-9-25(17,3)20(19)8-10-26(21,24)4/h5,15-16,18-24,28,30H,6-14H2,1-4H3/t15-,16+,18+,19-,20+,21+,22+,23+,24+,25+,26+,27+/m1/s1. The first kappa shape index (κ1) is 21.7. The maximum absolute atomic E-state index is 11.9. The lowest BCUT2D eigenvalue weighted by atomic mass is 9.46. The summed E-state index contributed by atoms with van der Waals surface area (Å²) in [5, 5.41) is 17.6. The van der Waals surface area contributed by atoms with Crippen LogP contribution in [0.15, 0.2) is 16.8 Å². The van der Waals surface area contributed by atoms with Crippen LogP contribution in [0.2, 0.25) is 0 Å². The summed E-state index contributed by atoms with van der Waals surface area (Å²) >= 11 is 0. The van der Waals surface area contributed by atoms with Crippen LogP contribution >= 0.6 is 0 Å². The highest BCUT2D eigenvalue weighted by Crippen LogP contribution is 2.70. The van der Waals surface area contributed by atoms with E-state index in [4.69, 9.17) is 4.74 Å². The molecule has 0 aromatic rings. The zero-order valence-corrected chi connectivity index (χ0v) is 20.3. The van der Waals surface area contributed by atoms with E-state index in [2.05, 4.69) is 44.3 Å². The fourth-order valence-corrected chi connectivity index (χ4v) is 10.1. The van der Waals surface area contributed by atoms with Crippen molar-refractivity contribution < 1.29 is 9.84 Å². The van der Waals surface area contributed by atoms with Crippen molar-refractivity contribution in [2.75, 3.05) is 6.54 Å². The van der Waals surface area contributed by atoms with E-state index in [0.29, 0.717) is 23.7 Å². The van der Waals surface area contributed by atoms with Crippen molar-refractivity contribution in [3.63, 3.8) is 0 Å². The Hall–Kier alpha value is -0.780. The molecule has 3 saturated carbocycles. The molecule has 2 aliphatic heterocycles. The molecule has 2 heterocycles. The van der Waals surface area contributed by atoms with Crippen molar-refractivity contribution in [3.8, 4) is 0 Å². The van der Waals surface area contributed by atoms with Crippen molar-refractivity contribution in [2.24, 2.45) is 51.5 Å². The molecule has 5 nitrogen and oxygen atoms in total. The van der Waals surface area contributed by atoms with Gasteiger partial charge in [0.1, 0.15) is 11.8 Å². The average molecular weight is 443 g/mol. The Morgan fingerprint density at radius 3 is 2.75 bits per heavy atom. The van der Waals surface area contributed by atoms with Gasteiger partial charge in [-0.15, -0.1) is 0 Å². The van der Waals surface area contributed by atoms with Crippen molar-refractivity contribution in [2.45, 2.75) is 103 Å². The van der Waals surface area contributed by atoms with Gasteiger partial charge in [0.15, 0.2) is 0 Å². The van der Waals surface area contributed by atoms with Crippen molar-refractivity contribution in [3.05, 3.63) is 16.6 Å². The Labute approximate surface area is 193 Å². The van der Waals surface area contributed by atoms with E-state index >= 15 is 0 Å². The van der Waals surface area contributed by atoms with E-state index in [0.717, 1.165) is 50.5 Å². The molecular weight excluding hydrogens is 400 g/mol. The van der Waals surface area contributed by atoms with E-state index in [1.165, 1.54) is 19.3 Å². The fraction of sp³-hybridized carbons (Fsp3) is 0.926. The molecule has 5 heteroatoms. The van der Waals surface area contributed by atoms with Crippen molar-refractivity contribution in [1.82, 2.24) is 5.32 Å². The van der Waals surface area contributed by atoms with Crippen LogP contribution in [0.1, 0.15) is 79.1 Å². The van der Waals surface area contributed by atoms with Crippen LogP contribution in [0.5, 0.6) is 0 Å². The molecule has 6 aliphatic rings.